The molecular weight excluding hydrogens is 1130 g/mol. The van der Waals surface area contributed by atoms with Crippen LogP contribution in [0.2, 0.25) is 0 Å². The van der Waals surface area contributed by atoms with Crippen LogP contribution >= 0.6 is 15.6 Å². The Morgan fingerprint density at radius 2 is 0.565 bits per heavy atom. The van der Waals surface area contributed by atoms with Gasteiger partial charge in [-0.3, -0.25) is 37.3 Å². The molecule has 3 N–H and O–H groups in total. The lowest BCUT2D eigenvalue weighted by Crippen LogP contribution is -2.30. The lowest BCUT2D eigenvalue weighted by atomic mass is 10.00. The summed E-state index contributed by atoms with van der Waals surface area (Å²) in [5, 5.41) is 10.5. The van der Waals surface area contributed by atoms with Gasteiger partial charge in [0.25, 0.3) is 0 Å². The van der Waals surface area contributed by atoms with E-state index >= 15 is 0 Å². The zero-order valence-corrected chi connectivity index (χ0v) is 56.5. The van der Waals surface area contributed by atoms with Gasteiger partial charge in [-0.15, -0.1) is 0 Å². The van der Waals surface area contributed by atoms with Crippen LogP contribution < -0.4 is 0 Å². The Balaban J connectivity index is 5.21. The van der Waals surface area contributed by atoms with Gasteiger partial charge in [-0.2, -0.15) is 0 Å². The Bertz CT molecular complexity index is 1650. The summed E-state index contributed by atoms with van der Waals surface area (Å²) < 4.78 is 68.0. The Labute approximate surface area is 517 Å². The van der Waals surface area contributed by atoms with E-state index in [1.165, 1.54) is 154 Å². The van der Waals surface area contributed by atoms with Crippen LogP contribution in [0.25, 0.3) is 0 Å². The monoisotopic (exact) mass is 1250 g/mol. The third-order valence-electron chi connectivity index (χ3n) is 15.6. The van der Waals surface area contributed by atoms with Crippen molar-refractivity contribution in [2.45, 2.75) is 355 Å². The smallest absolute Gasteiger partial charge is 0.462 e. The molecule has 85 heavy (non-hydrogen) atoms. The number of phosphoric acid groups is 2. The van der Waals surface area contributed by atoms with E-state index in [0.29, 0.717) is 25.7 Å². The van der Waals surface area contributed by atoms with Crippen LogP contribution in [-0.4, -0.2) is 96.7 Å². The second kappa shape index (κ2) is 59.7. The van der Waals surface area contributed by atoms with Crippen LogP contribution in [-0.2, 0) is 65.4 Å². The minimum Gasteiger partial charge on any atom is -0.462 e. The Kier molecular flexibility index (Phi) is 58.3. The van der Waals surface area contributed by atoms with Gasteiger partial charge in [0, 0.05) is 25.7 Å². The molecule has 0 aliphatic carbocycles. The van der Waals surface area contributed by atoms with Gasteiger partial charge in [0.1, 0.15) is 19.3 Å². The predicted molar refractivity (Wildman–Crippen MR) is 340 cm³/mol. The number of ether oxygens (including phenoxy) is 4. The second-order valence-electron chi connectivity index (χ2n) is 24.1. The maximum atomic E-state index is 13.0. The van der Waals surface area contributed by atoms with E-state index in [9.17, 15) is 43.2 Å². The van der Waals surface area contributed by atoms with E-state index in [4.69, 9.17) is 37.0 Å². The first kappa shape index (κ1) is 83.1. The molecule has 0 aliphatic rings. The van der Waals surface area contributed by atoms with E-state index in [0.717, 1.165) is 102 Å². The molecule has 0 amide bonds. The molecule has 0 rings (SSSR count). The Hall–Kier alpha value is -1.94. The SMILES string of the molecule is CCCCCCCCCCCCCCCCCCC(=O)O[C@H](COC(=O)CCCCCCCCC(C)CC)COP(=O)(O)OC[C@@H](O)COP(=O)(O)OC[C@@H](COC(=O)CCCCCCCCCCC)OC(=O)CCCCCCCCCCCC. The van der Waals surface area contributed by atoms with Crippen molar-refractivity contribution in [1.82, 2.24) is 0 Å². The standard InChI is InChI=1S/C66H128O17P2/c1-6-10-13-16-19-22-24-25-26-27-28-29-32-35-42-47-52-66(71)83-62(56-77-64(69)50-45-40-37-36-38-43-48-59(5)9-4)58-81-85(74,75)79-54-60(67)53-78-84(72,73)80-57-61(55-76-63(68)49-44-39-33-30-21-18-15-12-8-3)82-65(70)51-46-41-34-31-23-20-17-14-11-7-2/h59-62,67H,6-58H2,1-5H3,(H,72,73)(H,74,75)/t59?,60-,61+,62+/m0/s1. The fraction of sp³-hybridized carbons (Fsp3) is 0.939. The first-order chi connectivity index (χ1) is 41.1. The fourth-order valence-electron chi connectivity index (χ4n) is 9.90. The average molecular weight is 1260 g/mol. The van der Waals surface area contributed by atoms with Gasteiger partial charge in [0.2, 0.25) is 0 Å². The minimum atomic E-state index is -4.95. The van der Waals surface area contributed by atoms with Crippen molar-refractivity contribution >= 4 is 39.5 Å². The number of carbonyl (C=O) groups excluding carboxylic acids is 4. The first-order valence-corrected chi connectivity index (χ1v) is 37.7. The van der Waals surface area contributed by atoms with Gasteiger partial charge in [-0.1, -0.05) is 285 Å². The number of hydrogen-bond donors (Lipinski definition) is 3. The molecular formula is C66H128O17P2. The van der Waals surface area contributed by atoms with Gasteiger partial charge in [0.15, 0.2) is 12.2 Å². The van der Waals surface area contributed by atoms with Crippen LogP contribution in [0.1, 0.15) is 336 Å². The summed E-state index contributed by atoms with van der Waals surface area (Å²) in [7, 11) is -9.89. The Morgan fingerprint density at radius 3 is 0.835 bits per heavy atom. The lowest BCUT2D eigenvalue weighted by Gasteiger charge is -2.21. The van der Waals surface area contributed by atoms with Gasteiger partial charge < -0.3 is 33.8 Å². The van der Waals surface area contributed by atoms with E-state index in [1.54, 1.807) is 0 Å². The number of aliphatic hydroxyl groups is 1. The number of phosphoric ester groups is 2. The van der Waals surface area contributed by atoms with E-state index in [1.807, 2.05) is 0 Å². The third-order valence-corrected chi connectivity index (χ3v) is 17.5. The molecule has 0 fully saturated rings. The third kappa shape index (κ3) is 59.5. The summed E-state index contributed by atoms with van der Waals surface area (Å²) in [5.41, 5.74) is 0. The van der Waals surface area contributed by atoms with Crippen molar-refractivity contribution in [3.8, 4) is 0 Å². The maximum absolute atomic E-state index is 13.0. The molecule has 0 aromatic carbocycles. The number of rotatable bonds is 66. The fourth-order valence-corrected chi connectivity index (χ4v) is 11.5. The number of carbonyl (C=O) groups is 4. The number of unbranched alkanes of at least 4 members (excludes halogenated alkanes) is 37. The van der Waals surface area contributed by atoms with E-state index < -0.39 is 97.5 Å². The average Bonchev–Trinajstić information content (AvgIpc) is 3.59. The molecule has 504 valence electrons. The Morgan fingerprint density at radius 1 is 0.329 bits per heavy atom. The molecule has 3 unspecified atom stereocenters. The van der Waals surface area contributed by atoms with Gasteiger partial charge in [-0.05, 0) is 31.6 Å². The predicted octanol–water partition coefficient (Wildman–Crippen LogP) is 18.6. The summed E-state index contributed by atoms with van der Waals surface area (Å²) in [4.78, 5) is 72.2. The largest absolute Gasteiger partial charge is 0.472 e. The number of aliphatic hydroxyl groups excluding tert-OH is 1. The number of hydrogen-bond acceptors (Lipinski definition) is 15. The summed E-state index contributed by atoms with van der Waals surface area (Å²) in [6, 6.07) is 0. The highest BCUT2D eigenvalue weighted by molar-refractivity contribution is 7.47. The summed E-state index contributed by atoms with van der Waals surface area (Å²) >= 11 is 0. The van der Waals surface area contributed by atoms with E-state index in [-0.39, 0.29) is 25.7 Å². The first-order valence-electron chi connectivity index (χ1n) is 34.7. The zero-order valence-electron chi connectivity index (χ0n) is 54.7. The molecule has 6 atom stereocenters. The van der Waals surface area contributed by atoms with Crippen molar-refractivity contribution in [1.29, 1.82) is 0 Å². The van der Waals surface area contributed by atoms with Crippen molar-refractivity contribution < 1.29 is 80.2 Å². The normalized spacial score (nSPS) is 14.5. The highest BCUT2D eigenvalue weighted by Crippen LogP contribution is 2.45. The zero-order chi connectivity index (χ0) is 62.8. The van der Waals surface area contributed by atoms with Crippen LogP contribution in [0.5, 0.6) is 0 Å². The molecule has 0 aliphatic heterocycles. The minimum absolute atomic E-state index is 0.106. The lowest BCUT2D eigenvalue weighted by molar-refractivity contribution is -0.161. The molecule has 0 saturated carbocycles. The van der Waals surface area contributed by atoms with Crippen molar-refractivity contribution in [3.63, 3.8) is 0 Å². The molecule has 0 bridgehead atoms. The van der Waals surface area contributed by atoms with Crippen LogP contribution in [0.4, 0.5) is 0 Å². The van der Waals surface area contributed by atoms with E-state index in [2.05, 4.69) is 34.6 Å². The molecule has 0 spiro atoms. The summed E-state index contributed by atoms with van der Waals surface area (Å²) in [5.74, 6) is -1.40. The molecule has 0 aromatic rings. The van der Waals surface area contributed by atoms with Gasteiger partial charge in [-0.25, -0.2) is 9.13 Å². The van der Waals surface area contributed by atoms with Crippen molar-refractivity contribution in [3.05, 3.63) is 0 Å². The molecule has 0 radical (unpaired) electrons. The molecule has 0 aromatic heterocycles. The van der Waals surface area contributed by atoms with Crippen LogP contribution in [0.15, 0.2) is 0 Å². The van der Waals surface area contributed by atoms with Crippen molar-refractivity contribution in [2.24, 2.45) is 5.92 Å². The maximum Gasteiger partial charge on any atom is 0.472 e. The van der Waals surface area contributed by atoms with Crippen molar-refractivity contribution in [2.75, 3.05) is 39.6 Å². The van der Waals surface area contributed by atoms with Gasteiger partial charge >= 0.3 is 39.5 Å². The second-order valence-corrected chi connectivity index (χ2v) is 27.0. The number of esters is 4. The highest BCUT2D eigenvalue weighted by atomic mass is 31.2. The molecule has 17 nitrogen and oxygen atoms in total. The molecule has 19 heteroatoms. The molecule has 0 saturated heterocycles. The van der Waals surface area contributed by atoms with Crippen LogP contribution in [0.3, 0.4) is 0 Å². The highest BCUT2D eigenvalue weighted by Gasteiger charge is 2.30. The summed E-state index contributed by atoms with van der Waals surface area (Å²) in [6.07, 6.45) is 44.4. The van der Waals surface area contributed by atoms with Crippen LogP contribution in [0, 0.1) is 5.92 Å². The summed E-state index contributed by atoms with van der Waals surface area (Å²) in [6.45, 7) is 7.15. The topological polar surface area (TPSA) is 237 Å². The molecule has 0 heterocycles. The van der Waals surface area contributed by atoms with Gasteiger partial charge in [0.05, 0.1) is 26.4 Å². The quantitative estimate of drug-likeness (QED) is 0.0222.